The average molecular weight is 666 g/mol. The van der Waals surface area contributed by atoms with E-state index in [4.69, 9.17) is 5.73 Å². The van der Waals surface area contributed by atoms with Crippen molar-refractivity contribution in [2.45, 2.75) is 50.1 Å². The first kappa shape index (κ1) is 29.1. The minimum absolute atomic E-state index is 0.0163. The number of nitrogens with two attached hydrogens (primary N) is 1. The summed E-state index contributed by atoms with van der Waals surface area (Å²) in [5.74, 6) is 0.321. The van der Waals surface area contributed by atoms with E-state index in [9.17, 15) is 19.5 Å². The lowest BCUT2D eigenvalue weighted by Gasteiger charge is -2.37. The summed E-state index contributed by atoms with van der Waals surface area (Å²) in [5.41, 5.74) is 7.42. The molecule has 10 nitrogen and oxygen atoms in total. The molecule has 4 rings (SSSR count). The van der Waals surface area contributed by atoms with E-state index in [-0.39, 0.29) is 30.2 Å². The molecule has 0 aliphatic carbocycles. The van der Waals surface area contributed by atoms with Crippen molar-refractivity contribution in [2.75, 3.05) is 33.2 Å². The van der Waals surface area contributed by atoms with E-state index >= 15 is 0 Å². The highest BCUT2D eigenvalue weighted by molar-refractivity contribution is 9.11. The number of aromatic hydroxyl groups is 1. The van der Waals surface area contributed by atoms with Gasteiger partial charge < -0.3 is 30.9 Å². The number of likely N-dealkylation sites (tertiary alicyclic amines) is 2. The number of phenols is 1. The summed E-state index contributed by atoms with van der Waals surface area (Å²) in [5, 5.41) is 13.1. The molecule has 12 heteroatoms. The predicted molar refractivity (Wildman–Crippen MR) is 154 cm³/mol. The van der Waals surface area contributed by atoms with E-state index < -0.39 is 12.1 Å². The van der Waals surface area contributed by atoms with Crippen LogP contribution in [0.25, 0.3) is 0 Å². The highest BCUT2D eigenvalue weighted by Crippen LogP contribution is 2.34. The van der Waals surface area contributed by atoms with Gasteiger partial charge >= 0.3 is 12.1 Å². The van der Waals surface area contributed by atoms with Crippen LogP contribution in [-0.2, 0) is 11.2 Å². The minimum atomic E-state index is -0.774. The lowest BCUT2D eigenvalue weighted by Crippen LogP contribution is -2.56. The standard InChI is InChI=1S/C27H34Br2N6O4/c1-33(26(30)38)20-6-12-35(13-7-20)27(39)32-23(16-17-14-21(28)24(36)22(29)15-17)25(37)34-10-4-19(5-11-34)18-2-8-31-9-3-18/h2-3,8-9,14-15,19-20,23,36H,4-7,10-13,16H2,1H3,(H2,30,38)(H,32,39)/t23-/m0/s1. The SMILES string of the molecule is CN(C(N)=O)C1CCN(C(=O)N[C@@H](Cc2cc(Br)c(O)c(Br)c2)C(=O)N2CCC(c3ccncc3)CC2)CC1. The first-order valence-electron chi connectivity index (χ1n) is 13.1. The van der Waals surface area contributed by atoms with Gasteiger partial charge in [0.1, 0.15) is 11.8 Å². The van der Waals surface area contributed by atoms with E-state index in [1.807, 2.05) is 17.0 Å². The van der Waals surface area contributed by atoms with Gasteiger partial charge in [0.15, 0.2) is 0 Å². The molecule has 2 aromatic rings. The third-order valence-electron chi connectivity index (χ3n) is 7.74. The molecule has 0 radical (unpaired) electrons. The molecule has 1 atom stereocenters. The number of benzene rings is 1. The van der Waals surface area contributed by atoms with Crippen molar-refractivity contribution in [2.24, 2.45) is 5.73 Å². The molecular formula is C27H34Br2N6O4. The number of carbonyl (C=O) groups is 3. The number of rotatable bonds is 6. The Bertz CT molecular complexity index is 1160. The number of amides is 5. The summed E-state index contributed by atoms with van der Waals surface area (Å²) in [6.45, 7) is 2.13. The van der Waals surface area contributed by atoms with E-state index in [2.05, 4.69) is 42.2 Å². The molecule has 1 aromatic carbocycles. The average Bonchev–Trinajstić information content (AvgIpc) is 2.95. The maximum absolute atomic E-state index is 13.8. The Morgan fingerprint density at radius 1 is 1.05 bits per heavy atom. The van der Waals surface area contributed by atoms with Crippen LogP contribution >= 0.6 is 31.9 Å². The number of primary amides is 1. The minimum Gasteiger partial charge on any atom is -0.506 e. The zero-order valence-electron chi connectivity index (χ0n) is 21.9. The zero-order valence-corrected chi connectivity index (χ0v) is 25.0. The van der Waals surface area contributed by atoms with Crippen LogP contribution < -0.4 is 11.1 Å². The molecule has 39 heavy (non-hydrogen) atoms. The van der Waals surface area contributed by atoms with Gasteiger partial charge in [0, 0.05) is 58.1 Å². The third-order valence-corrected chi connectivity index (χ3v) is 8.95. The maximum Gasteiger partial charge on any atom is 0.318 e. The summed E-state index contributed by atoms with van der Waals surface area (Å²) in [4.78, 5) is 47.7. The number of nitrogens with zero attached hydrogens (tertiary/aromatic N) is 4. The van der Waals surface area contributed by atoms with Crippen LogP contribution in [0.5, 0.6) is 5.75 Å². The smallest absolute Gasteiger partial charge is 0.318 e. The normalized spacial score (nSPS) is 17.5. The molecule has 3 heterocycles. The lowest BCUT2D eigenvalue weighted by molar-refractivity contribution is -0.134. The Hall–Kier alpha value is -2.86. The summed E-state index contributed by atoms with van der Waals surface area (Å²) in [7, 11) is 1.67. The largest absolute Gasteiger partial charge is 0.506 e. The number of nitrogens with one attached hydrogen (secondary N) is 1. The van der Waals surface area contributed by atoms with Crippen LogP contribution in [0.3, 0.4) is 0 Å². The molecule has 5 amide bonds. The van der Waals surface area contributed by atoms with Crippen molar-refractivity contribution in [1.29, 1.82) is 0 Å². The maximum atomic E-state index is 13.8. The van der Waals surface area contributed by atoms with Gasteiger partial charge in [0.2, 0.25) is 5.91 Å². The number of phenolic OH excluding ortho intramolecular Hbond substituents is 1. The fraction of sp³-hybridized carbons (Fsp3) is 0.481. The van der Waals surface area contributed by atoms with E-state index in [1.54, 1.807) is 36.5 Å². The number of hydrogen-bond acceptors (Lipinski definition) is 5. The molecule has 210 valence electrons. The molecular weight excluding hydrogens is 632 g/mol. The number of piperidine rings is 2. The van der Waals surface area contributed by atoms with Gasteiger partial charge in [-0.25, -0.2) is 9.59 Å². The number of urea groups is 2. The Balaban J connectivity index is 1.45. The molecule has 2 fully saturated rings. The number of pyridine rings is 1. The fourth-order valence-corrected chi connectivity index (χ4v) is 6.62. The third kappa shape index (κ3) is 7.21. The topological polar surface area (TPSA) is 132 Å². The lowest BCUT2D eigenvalue weighted by atomic mass is 9.89. The molecule has 1 aromatic heterocycles. The first-order chi connectivity index (χ1) is 18.6. The summed E-state index contributed by atoms with van der Waals surface area (Å²) in [6, 6.07) is 5.98. The number of carbonyl (C=O) groups excluding carboxylic acids is 3. The highest BCUT2D eigenvalue weighted by Gasteiger charge is 2.33. The van der Waals surface area contributed by atoms with Crippen LogP contribution in [-0.4, -0.2) is 88.1 Å². The van der Waals surface area contributed by atoms with Crippen molar-refractivity contribution in [3.05, 3.63) is 56.7 Å². The second-order valence-electron chi connectivity index (χ2n) is 10.2. The van der Waals surface area contributed by atoms with Gasteiger partial charge in [-0.2, -0.15) is 0 Å². The van der Waals surface area contributed by atoms with Crippen LogP contribution in [0, 0.1) is 0 Å². The quantitative estimate of drug-likeness (QED) is 0.432. The number of halogens is 2. The second kappa shape index (κ2) is 13.0. The van der Waals surface area contributed by atoms with Crippen molar-refractivity contribution in [1.82, 2.24) is 25.0 Å². The van der Waals surface area contributed by atoms with Gasteiger partial charge in [-0.1, -0.05) is 0 Å². The van der Waals surface area contributed by atoms with Gasteiger partial charge in [-0.3, -0.25) is 9.78 Å². The van der Waals surface area contributed by atoms with E-state index in [1.165, 1.54) is 10.5 Å². The molecule has 0 unspecified atom stereocenters. The Morgan fingerprint density at radius 3 is 2.18 bits per heavy atom. The molecule has 0 bridgehead atoms. The molecule has 2 aliphatic rings. The van der Waals surface area contributed by atoms with Crippen LogP contribution in [0.2, 0.25) is 0 Å². The Kier molecular flexibility index (Phi) is 9.71. The summed E-state index contributed by atoms with van der Waals surface area (Å²) in [6.07, 6.45) is 6.77. The molecule has 2 saturated heterocycles. The molecule has 2 aliphatic heterocycles. The van der Waals surface area contributed by atoms with Crippen molar-refractivity contribution < 1.29 is 19.5 Å². The molecule has 0 saturated carbocycles. The monoisotopic (exact) mass is 664 g/mol. The molecule has 4 N–H and O–H groups in total. The zero-order chi connectivity index (χ0) is 28.1. The van der Waals surface area contributed by atoms with E-state index in [0.29, 0.717) is 53.9 Å². The highest BCUT2D eigenvalue weighted by atomic mass is 79.9. The van der Waals surface area contributed by atoms with Crippen LogP contribution in [0.1, 0.15) is 42.7 Å². The van der Waals surface area contributed by atoms with Gasteiger partial charge in [0.05, 0.1) is 8.95 Å². The number of hydrogen-bond donors (Lipinski definition) is 3. The Labute approximate surface area is 245 Å². The molecule has 0 spiro atoms. The van der Waals surface area contributed by atoms with Crippen molar-refractivity contribution >= 4 is 49.8 Å². The van der Waals surface area contributed by atoms with E-state index in [0.717, 1.165) is 18.4 Å². The van der Waals surface area contributed by atoms with Gasteiger partial charge in [-0.05, 0) is 98.9 Å². The Morgan fingerprint density at radius 2 is 1.62 bits per heavy atom. The van der Waals surface area contributed by atoms with Gasteiger partial charge in [0.25, 0.3) is 0 Å². The van der Waals surface area contributed by atoms with Crippen LogP contribution in [0.4, 0.5) is 9.59 Å². The predicted octanol–water partition coefficient (Wildman–Crippen LogP) is 3.81. The van der Waals surface area contributed by atoms with Crippen molar-refractivity contribution in [3.8, 4) is 5.75 Å². The fourth-order valence-electron chi connectivity index (χ4n) is 5.34. The first-order valence-corrected chi connectivity index (χ1v) is 14.7. The summed E-state index contributed by atoms with van der Waals surface area (Å²) >= 11 is 6.72. The second-order valence-corrected chi connectivity index (χ2v) is 11.9. The summed E-state index contributed by atoms with van der Waals surface area (Å²) < 4.78 is 1.01. The number of aromatic nitrogens is 1. The van der Waals surface area contributed by atoms with Gasteiger partial charge in [-0.15, -0.1) is 0 Å². The van der Waals surface area contributed by atoms with Crippen LogP contribution in [0.15, 0.2) is 45.6 Å². The van der Waals surface area contributed by atoms with Crippen molar-refractivity contribution in [3.63, 3.8) is 0 Å².